The quantitative estimate of drug-likeness (QED) is 0.0261. The fraction of sp³-hybridized carbons (Fsp3) is 0.795. The third kappa shape index (κ3) is 65.5. The van der Waals surface area contributed by atoms with E-state index in [2.05, 4.69) is 93.7 Å². The molecule has 0 aromatic carbocycles. The zero-order valence-electron chi connectivity index (χ0n) is 52.6. The predicted octanol–water partition coefficient (Wildman–Crippen LogP) is 23.7. The van der Waals surface area contributed by atoms with Crippen molar-refractivity contribution in [2.45, 2.75) is 361 Å². The van der Waals surface area contributed by atoms with Gasteiger partial charge in [0, 0.05) is 19.3 Å². The Morgan fingerprint density at radius 1 is 0.266 bits per heavy atom. The first-order chi connectivity index (χ1) is 39.0. The van der Waals surface area contributed by atoms with Gasteiger partial charge in [-0.15, -0.1) is 0 Å². The molecule has 0 bridgehead atoms. The van der Waals surface area contributed by atoms with Crippen molar-refractivity contribution in [2.24, 2.45) is 0 Å². The Hall–Kier alpha value is -3.15. The molecule has 0 aromatic rings. The summed E-state index contributed by atoms with van der Waals surface area (Å²) in [6.07, 6.45) is 88.0. The molecular formula is C73H130O6. The van der Waals surface area contributed by atoms with Crippen molar-refractivity contribution in [3.8, 4) is 0 Å². The molecule has 458 valence electrons. The topological polar surface area (TPSA) is 78.9 Å². The summed E-state index contributed by atoms with van der Waals surface area (Å²) >= 11 is 0. The average Bonchev–Trinajstić information content (AvgIpc) is 3.45. The highest BCUT2D eigenvalue weighted by Gasteiger charge is 2.19. The van der Waals surface area contributed by atoms with Crippen LogP contribution in [0.15, 0.2) is 72.9 Å². The third-order valence-corrected chi connectivity index (χ3v) is 15.2. The molecule has 0 radical (unpaired) electrons. The monoisotopic (exact) mass is 1100 g/mol. The molecule has 1 atom stereocenters. The van der Waals surface area contributed by atoms with Crippen LogP contribution in [0.5, 0.6) is 0 Å². The van der Waals surface area contributed by atoms with Gasteiger partial charge in [-0.1, -0.05) is 318 Å². The van der Waals surface area contributed by atoms with E-state index in [1.165, 1.54) is 205 Å². The Morgan fingerprint density at radius 2 is 0.494 bits per heavy atom. The van der Waals surface area contributed by atoms with E-state index in [4.69, 9.17) is 14.2 Å². The number of esters is 3. The molecule has 1 unspecified atom stereocenters. The smallest absolute Gasteiger partial charge is 0.306 e. The van der Waals surface area contributed by atoms with Crippen LogP contribution in [0.2, 0.25) is 0 Å². The lowest BCUT2D eigenvalue weighted by Gasteiger charge is -2.18. The fourth-order valence-electron chi connectivity index (χ4n) is 10.1. The van der Waals surface area contributed by atoms with Gasteiger partial charge in [0.1, 0.15) is 13.2 Å². The lowest BCUT2D eigenvalue weighted by molar-refractivity contribution is -0.167. The van der Waals surface area contributed by atoms with Crippen LogP contribution in [-0.2, 0) is 28.6 Å². The van der Waals surface area contributed by atoms with E-state index in [9.17, 15) is 14.4 Å². The Labute approximate surface area is 491 Å². The molecule has 0 aliphatic heterocycles. The van der Waals surface area contributed by atoms with E-state index in [0.29, 0.717) is 19.3 Å². The maximum atomic E-state index is 12.9. The maximum absolute atomic E-state index is 12.9. The van der Waals surface area contributed by atoms with E-state index >= 15 is 0 Å². The Morgan fingerprint density at radius 3 is 0.810 bits per heavy atom. The van der Waals surface area contributed by atoms with Crippen LogP contribution in [0.3, 0.4) is 0 Å². The van der Waals surface area contributed by atoms with Gasteiger partial charge in [0.2, 0.25) is 0 Å². The second-order valence-corrected chi connectivity index (χ2v) is 23.1. The van der Waals surface area contributed by atoms with E-state index in [1.54, 1.807) is 0 Å². The van der Waals surface area contributed by atoms with Crippen molar-refractivity contribution >= 4 is 17.9 Å². The minimum absolute atomic E-state index is 0.0917. The molecule has 0 fully saturated rings. The first kappa shape index (κ1) is 75.8. The molecule has 0 aliphatic rings. The minimum Gasteiger partial charge on any atom is -0.462 e. The Bertz CT molecular complexity index is 1450. The standard InChI is InChI=1S/C73H130O6/c1-4-7-10-13-16-19-22-25-28-30-31-32-33-34-35-36-37-38-39-40-41-42-43-46-48-51-54-57-60-63-66-72(75)78-69-70(68-77-71(74)65-62-59-56-53-50-47-44-27-24-21-18-15-12-9-6-3)79-73(76)67-64-61-58-55-52-49-45-29-26-23-20-17-14-11-8-5-2/h9,12,18,20-21,23,27,29,44-45,50,53,70H,4-8,10-11,13-17,19,22,24-26,28,30-43,46-49,51-52,54-69H2,1-3H3/b12-9-,21-18-,23-20-,44-27-,45-29-,53-50-. The summed E-state index contributed by atoms with van der Waals surface area (Å²) in [6.45, 7) is 6.51. The number of carbonyl (C=O) groups excluding carboxylic acids is 3. The van der Waals surface area contributed by atoms with E-state index in [-0.39, 0.29) is 31.1 Å². The lowest BCUT2D eigenvalue weighted by Crippen LogP contribution is -2.30. The fourth-order valence-corrected chi connectivity index (χ4v) is 10.1. The Kier molecular flexibility index (Phi) is 64.7. The highest BCUT2D eigenvalue weighted by Crippen LogP contribution is 2.18. The normalized spacial score (nSPS) is 12.5. The summed E-state index contributed by atoms with van der Waals surface area (Å²) in [5.74, 6) is -0.933. The molecular weight excluding hydrogens is 973 g/mol. The van der Waals surface area contributed by atoms with E-state index in [0.717, 1.165) is 109 Å². The van der Waals surface area contributed by atoms with Crippen molar-refractivity contribution in [1.82, 2.24) is 0 Å². The van der Waals surface area contributed by atoms with Crippen LogP contribution in [-0.4, -0.2) is 37.2 Å². The van der Waals surface area contributed by atoms with Crippen molar-refractivity contribution in [3.05, 3.63) is 72.9 Å². The van der Waals surface area contributed by atoms with Gasteiger partial charge in [-0.3, -0.25) is 14.4 Å². The van der Waals surface area contributed by atoms with E-state index < -0.39 is 6.10 Å². The number of hydrogen-bond acceptors (Lipinski definition) is 6. The first-order valence-corrected chi connectivity index (χ1v) is 34.4. The zero-order chi connectivity index (χ0) is 57.1. The van der Waals surface area contributed by atoms with Crippen LogP contribution >= 0.6 is 0 Å². The third-order valence-electron chi connectivity index (χ3n) is 15.2. The second kappa shape index (κ2) is 67.4. The molecule has 0 aliphatic carbocycles. The molecule has 0 saturated heterocycles. The number of carbonyl (C=O) groups is 3. The van der Waals surface area contributed by atoms with Crippen LogP contribution in [0, 0.1) is 0 Å². The van der Waals surface area contributed by atoms with Crippen LogP contribution in [0.1, 0.15) is 355 Å². The number of hydrogen-bond donors (Lipinski definition) is 0. The predicted molar refractivity (Wildman–Crippen MR) is 344 cm³/mol. The summed E-state index contributed by atoms with van der Waals surface area (Å²) in [5, 5.41) is 0. The SMILES string of the molecule is CC/C=C\C/C=C\C/C=C\C/C=C\CCCCC(=O)OCC(COC(=O)CCCCCCCCCCCCCCCCCCCCCCCCCCCCCCCC)OC(=O)CCCCCCC/C=C\C/C=C\CCCCCC. The van der Waals surface area contributed by atoms with Gasteiger partial charge >= 0.3 is 17.9 Å². The van der Waals surface area contributed by atoms with Gasteiger partial charge < -0.3 is 14.2 Å². The first-order valence-electron chi connectivity index (χ1n) is 34.4. The summed E-state index contributed by atoms with van der Waals surface area (Å²) in [4.78, 5) is 38.3. The molecule has 0 saturated carbocycles. The van der Waals surface area contributed by atoms with Crippen molar-refractivity contribution < 1.29 is 28.6 Å². The average molecular weight is 1100 g/mol. The van der Waals surface area contributed by atoms with Crippen molar-refractivity contribution in [1.29, 1.82) is 0 Å². The van der Waals surface area contributed by atoms with Gasteiger partial charge in [0.15, 0.2) is 6.10 Å². The van der Waals surface area contributed by atoms with Gasteiger partial charge in [-0.05, 0) is 89.9 Å². The Balaban J connectivity index is 4.22. The van der Waals surface area contributed by atoms with E-state index in [1.807, 2.05) is 0 Å². The number of ether oxygens (including phenoxy) is 3. The minimum atomic E-state index is -0.800. The molecule has 0 amide bonds. The lowest BCUT2D eigenvalue weighted by atomic mass is 10.0. The summed E-state index contributed by atoms with van der Waals surface area (Å²) in [6, 6.07) is 0. The van der Waals surface area contributed by atoms with Crippen molar-refractivity contribution in [3.63, 3.8) is 0 Å². The second-order valence-electron chi connectivity index (χ2n) is 23.1. The molecule has 79 heavy (non-hydrogen) atoms. The summed E-state index contributed by atoms with van der Waals surface area (Å²) in [7, 11) is 0. The van der Waals surface area contributed by atoms with Crippen LogP contribution in [0.4, 0.5) is 0 Å². The molecule has 0 N–H and O–H groups in total. The molecule has 0 heterocycles. The molecule has 0 aromatic heterocycles. The molecule has 0 spiro atoms. The largest absolute Gasteiger partial charge is 0.462 e. The van der Waals surface area contributed by atoms with Gasteiger partial charge in [0.05, 0.1) is 0 Å². The summed E-state index contributed by atoms with van der Waals surface area (Å²) in [5.41, 5.74) is 0. The van der Waals surface area contributed by atoms with Crippen LogP contribution < -0.4 is 0 Å². The van der Waals surface area contributed by atoms with Gasteiger partial charge in [-0.25, -0.2) is 0 Å². The highest BCUT2D eigenvalue weighted by molar-refractivity contribution is 5.71. The summed E-state index contributed by atoms with van der Waals surface area (Å²) < 4.78 is 16.9. The molecule has 6 nitrogen and oxygen atoms in total. The number of rotatable bonds is 63. The highest BCUT2D eigenvalue weighted by atomic mass is 16.6. The van der Waals surface area contributed by atoms with Gasteiger partial charge in [-0.2, -0.15) is 0 Å². The van der Waals surface area contributed by atoms with Gasteiger partial charge in [0.25, 0.3) is 0 Å². The maximum Gasteiger partial charge on any atom is 0.306 e. The zero-order valence-corrected chi connectivity index (χ0v) is 52.6. The number of unbranched alkanes of at least 4 members (excludes halogenated alkanes) is 40. The molecule has 0 rings (SSSR count). The number of allylic oxidation sites excluding steroid dienone is 12. The van der Waals surface area contributed by atoms with Crippen LogP contribution in [0.25, 0.3) is 0 Å². The van der Waals surface area contributed by atoms with Crippen molar-refractivity contribution in [2.75, 3.05) is 13.2 Å². The molecule has 6 heteroatoms.